The fraction of sp³-hybridized carbons (Fsp3) is 0.421. The van der Waals surface area contributed by atoms with E-state index < -0.39 is 0 Å². The van der Waals surface area contributed by atoms with Crippen LogP contribution in [0.25, 0.3) is 0 Å². The van der Waals surface area contributed by atoms with Gasteiger partial charge in [0.1, 0.15) is 17.4 Å². The van der Waals surface area contributed by atoms with E-state index in [1.165, 1.54) is 0 Å². The number of pyridine rings is 2. The Kier molecular flexibility index (Phi) is 6.01. The van der Waals surface area contributed by atoms with Crippen LogP contribution in [0.4, 0.5) is 0 Å². The first-order valence-corrected chi connectivity index (χ1v) is 8.73. The van der Waals surface area contributed by atoms with Crippen molar-refractivity contribution in [2.45, 2.75) is 32.4 Å². The molecule has 1 aliphatic heterocycles. The second kappa shape index (κ2) is 8.62. The molecule has 1 saturated heterocycles. The van der Waals surface area contributed by atoms with Gasteiger partial charge < -0.3 is 19.5 Å². The molecule has 0 aliphatic carbocycles. The van der Waals surface area contributed by atoms with Gasteiger partial charge >= 0.3 is 0 Å². The van der Waals surface area contributed by atoms with E-state index in [1.54, 1.807) is 24.5 Å². The highest BCUT2D eigenvalue weighted by molar-refractivity contribution is 5.96. The largest absolute Gasteiger partial charge is 0.486 e. The topological polar surface area (TPSA) is 82.6 Å². The summed E-state index contributed by atoms with van der Waals surface area (Å²) in [5.74, 6) is 0.746. The predicted octanol–water partition coefficient (Wildman–Crippen LogP) is 2.15. The summed E-state index contributed by atoms with van der Waals surface area (Å²) in [6, 6.07) is 6.90. The number of aromatic nitrogens is 2. The lowest BCUT2D eigenvalue weighted by Gasteiger charge is -2.32. The van der Waals surface area contributed by atoms with Gasteiger partial charge in [0.25, 0.3) is 5.91 Å². The highest BCUT2D eigenvalue weighted by Crippen LogP contribution is 2.19. The van der Waals surface area contributed by atoms with Gasteiger partial charge in [-0.1, -0.05) is 0 Å². The van der Waals surface area contributed by atoms with Crippen molar-refractivity contribution in [2.75, 3.05) is 19.8 Å². The third-order valence-electron chi connectivity index (χ3n) is 4.08. The SMILES string of the molecule is CCOc1ncccc1C(=O)N[C@H]1COCC[C@H]1Oc1ccc(C)nc1. The Hall–Kier alpha value is -2.67. The lowest BCUT2D eigenvalue weighted by molar-refractivity contribution is -0.00306. The summed E-state index contributed by atoms with van der Waals surface area (Å²) in [4.78, 5) is 21.1. The first-order valence-electron chi connectivity index (χ1n) is 8.73. The third kappa shape index (κ3) is 4.49. The van der Waals surface area contributed by atoms with Gasteiger partial charge in [0.15, 0.2) is 0 Å². The molecule has 3 heterocycles. The molecule has 2 atom stereocenters. The van der Waals surface area contributed by atoms with E-state index in [1.807, 2.05) is 26.0 Å². The summed E-state index contributed by atoms with van der Waals surface area (Å²) in [7, 11) is 0. The van der Waals surface area contributed by atoms with Gasteiger partial charge in [-0.05, 0) is 38.1 Å². The lowest BCUT2D eigenvalue weighted by Crippen LogP contribution is -2.51. The monoisotopic (exact) mass is 357 g/mol. The predicted molar refractivity (Wildman–Crippen MR) is 95.5 cm³/mol. The molecular formula is C19H23N3O4. The number of ether oxygens (including phenoxy) is 3. The molecule has 1 N–H and O–H groups in total. The Balaban J connectivity index is 1.70. The van der Waals surface area contributed by atoms with Gasteiger partial charge in [0, 0.05) is 18.3 Å². The Bertz CT molecular complexity index is 736. The smallest absolute Gasteiger partial charge is 0.257 e. The summed E-state index contributed by atoms with van der Waals surface area (Å²) in [6.07, 6.45) is 3.79. The number of hydrogen-bond donors (Lipinski definition) is 1. The second-order valence-electron chi connectivity index (χ2n) is 6.02. The normalized spacial score (nSPS) is 19.6. The second-order valence-corrected chi connectivity index (χ2v) is 6.02. The molecule has 138 valence electrons. The molecule has 0 spiro atoms. The average molecular weight is 357 g/mol. The third-order valence-corrected chi connectivity index (χ3v) is 4.08. The number of nitrogens with zero attached hydrogens (tertiary/aromatic N) is 2. The molecule has 2 aromatic rings. The van der Waals surface area contributed by atoms with Gasteiger partial charge in [-0.2, -0.15) is 0 Å². The summed E-state index contributed by atoms with van der Waals surface area (Å²) >= 11 is 0. The maximum absolute atomic E-state index is 12.7. The minimum atomic E-state index is -0.271. The zero-order chi connectivity index (χ0) is 18.4. The molecule has 0 unspecified atom stereocenters. The molecule has 3 rings (SSSR count). The van der Waals surface area contributed by atoms with Crippen LogP contribution >= 0.6 is 0 Å². The summed E-state index contributed by atoms with van der Waals surface area (Å²) in [6.45, 7) is 5.19. The average Bonchev–Trinajstić information content (AvgIpc) is 2.66. The van der Waals surface area contributed by atoms with E-state index >= 15 is 0 Å². The van der Waals surface area contributed by atoms with E-state index in [4.69, 9.17) is 14.2 Å². The Morgan fingerprint density at radius 1 is 1.35 bits per heavy atom. The highest BCUT2D eigenvalue weighted by Gasteiger charge is 2.30. The number of amides is 1. The van der Waals surface area contributed by atoms with Gasteiger partial charge in [0.05, 0.1) is 32.1 Å². The first kappa shape index (κ1) is 18.1. The van der Waals surface area contributed by atoms with E-state index in [0.29, 0.717) is 43.4 Å². The zero-order valence-corrected chi connectivity index (χ0v) is 15.0. The molecule has 1 aliphatic rings. The van der Waals surface area contributed by atoms with Gasteiger partial charge in [-0.15, -0.1) is 0 Å². The summed E-state index contributed by atoms with van der Waals surface area (Å²) in [5.41, 5.74) is 1.32. The summed E-state index contributed by atoms with van der Waals surface area (Å²) < 4.78 is 17.0. The van der Waals surface area contributed by atoms with Crippen molar-refractivity contribution < 1.29 is 19.0 Å². The number of carbonyl (C=O) groups is 1. The molecule has 7 heteroatoms. The van der Waals surface area contributed by atoms with Crippen molar-refractivity contribution in [1.29, 1.82) is 0 Å². The fourth-order valence-electron chi connectivity index (χ4n) is 2.75. The number of hydrogen-bond acceptors (Lipinski definition) is 6. The molecular weight excluding hydrogens is 334 g/mol. The van der Waals surface area contributed by atoms with Crippen LogP contribution in [-0.2, 0) is 4.74 Å². The molecule has 2 aromatic heterocycles. The maximum atomic E-state index is 12.7. The zero-order valence-electron chi connectivity index (χ0n) is 15.0. The van der Waals surface area contributed by atoms with Crippen LogP contribution in [0.1, 0.15) is 29.4 Å². The Labute approximate surface area is 152 Å². The van der Waals surface area contributed by atoms with Gasteiger partial charge in [-0.25, -0.2) is 4.98 Å². The van der Waals surface area contributed by atoms with Crippen LogP contribution < -0.4 is 14.8 Å². The standard InChI is InChI=1S/C19H23N3O4/c1-3-25-19-15(5-4-9-20-19)18(23)22-16-12-24-10-8-17(16)26-14-7-6-13(2)21-11-14/h4-7,9,11,16-17H,3,8,10,12H2,1-2H3,(H,22,23)/t16-,17+/m0/s1. The molecule has 7 nitrogen and oxygen atoms in total. The summed E-state index contributed by atoms with van der Waals surface area (Å²) in [5, 5.41) is 2.99. The Morgan fingerprint density at radius 2 is 2.23 bits per heavy atom. The van der Waals surface area contributed by atoms with Crippen LogP contribution in [0.3, 0.4) is 0 Å². The number of carbonyl (C=O) groups excluding carboxylic acids is 1. The van der Waals surface area contributed by atoms with Crippen LogP contribution in [0.15, 0.2) is 36.7 Å². The van der Waals surface area contributed by atoms with Crippen molar-refractivity contribution in [3.05, 3.63) is 47.9 Å². The van der Waals surface area contributed by atoms with E-state index in [9.17, 15) is 4.79 Å². The van der Waals surface area contributed by atoms with Crippen molar-refractivity contribution in [3.8, 4) is 11.6 Å². The van der Waals surface area contributed by atoms with Crippen LogP contribution in [0.2, 0.25) is 0 Å². The number of rotatable bonds is 6. The molecule has 0 bridgehead atoms. The van der Waals surface area contributed by atoms with Gasteiger partial charge in [0.2, 0.25) is 5.88 Å². The molecule has 0 radical (unpaired) electrons. The van der Waals surface area contributed by atoms with Crippen molar-refractivity contribution in [2.24, 2.45) is 0 Å². The first-order chi connectivity index (χ1) is 12.7. The molecule has 1 fully saturated rings. The fourth-order valence-corrected chi connectivity index (χ4v) is 2.75. The van der Waals surface area contributed by atoms with Gasteiger partial charge in [-0.3, -0.25) is 9.78 Å². The molecule has 1 amide bonds. The van der Waals surface area contributed by atoms with Crippen LogP contribution in [0, 0.1) is 6.92 Å². The lowest BCUT2D eigenvalue weighted by atomic mass is 10.1. The van der Waals surface area contributed by atoms with Crippen molar-refractivity contribution >= 4 is 5.91 Å². The maximum Gasteiger partial charge on any atom is 0.257 e. The van der Waals surface area contributed by atoms with Crippen molar-refractivity contribution in [1.82, 2.24) is 15.3 Å². The van der Waals surface area contributed by atoms with E-state index in [0.717, 1.165) is 5.69 Å². The van der Waals surface area contributed by atoms with Crippen LogP contribution in [-0.4, -0.2) is 47.8 Å². The highest BCUT2D eigenvalue weighted by atomic mass is 16.5. The van der Waals surface area contributed by atoms with Crippen molar-refractivity contribution in [3.63, 3.8) is 0 Å². The number of aryl methyl sites for hydroxylation is 1. The molecule has 0 saturated carbocycles. The molecule has 26 heavy (non-hydrogen) atoms. The number of nitrogens with one attached hydrogen (secondary N) is 1. The quantitative estimate of drug-likeness (QED) is 0.853. The van der Waals surface area contributed by atoms with E-state index in [2.05, 4.69) is 15.3 Å². The Morgan fingerprint density at radius 3 is 3.00 bits per heavy atom. The van der Waals surface area contributed by atoms with Crippen LogP contribution in [0.5, 0.6) is 11.6 Å². The minimum Gasteiger partial charge on any atom is -0.486 e. The molecule has 0 aromatic carbocycles. The minimum absolute atomic E-state index is 0.190. The van der Waals surface area contributed by atoms with E-state index in [-0.39, 0.29) is 18.1 Å².